The summed E-state index contributed by atoms with van der Waals surface area (Å²) >= 11 is 19.1. The van der Waals surface area contributed by atoms with Crippen molar-refractivity contribution >= 4 is 69.4 Å². The second kappa shape index (κ2) is 8.05. The molecule has 1 saturated heterocycles. The van der Waals surface area contributed by atoms with Gasteiger partial charge in [0.05, 0.1) is 20.6 Å². The van der Waals surface area contributed by atoms with E-state index in [-0.39, 0.29) is 5.91 Å². The summed E-state index contributed by atoms with van der Waals surface area (Å²) in [7, 11) is 0. The number of hydrogen-bond acceptors (Lipinski definition) is 4. The predicted octanol–water partition coefficient (Wildman–Crippen LogP) is 6.80. The van der Waals surface area contributed by atoms with E-state index in [2.05, 4.69) is 10.3 Å². The van der Waals surface area contributed by atoms with Crippen LogP contribution in [0.2, 0.25) is 15.1 Å². The van der Waals surface area contributed by atoms with Gasteiger partial charge in [0.25, 0.3) is 5.91 Å². The van der Waals surface area contributed by atoms with Gasteiger partial charge in [-0.15, -0.1) is 0 Å². The van der Waals surface area contributed by atoms with E-state index in [1.807, 2.05) is 12.1 Å². The summed E-state index contributed by atoms with van der Waals surface area (Å²) in [6.45, 7) is 0. The zero-order valence-electron chi connectivity index (χ0n) is 14.1. The second-order valence-corrected chi connectivity index (χ2v) is 8.07. The van der Waals surface area contributed by atoms with E-state index in [9.17, 15) is 4.79 Å². The van der Waals surface area contributed by atoms with Gasteiger partial charge in [0.15, 0.2) is 5.17 Å². The minimum Gasteiger partial charge on any atom is -0.457 e. The van der Waals surface area contributed by atoms with E-state index in [1.54, 1.807) is 48.5 Å². The van der Waals surface area contributed by atoms with Crippen molar-refractivity contribution in [2.75, 3.05) is 0 Å². The van der Waals surface area contributed by atoms with Crippen LogP contribution in [-0.2, 0) is 4.79 Å². The van der Waals surface area contributed by atoms with Gasteiger partial charge in [-0.05, 0) is 66.4 Å². The lowest BCUT2D eigenvalue weighted by Gasteiger charge is -1.99. The Morgan fingerprint density at radius 3 is 2.50 bits per heavy atom. The van der Waals surface area contributed by atoms with Gasteiger partial charge >= 0.3 is 0 Å². The van der Waals surface area contributed by atoms with Gasteiger partial charge in [0.2, 0.25) is 0 Å². The van der Waals surface area contributed by atoms with Crippen LogP contribution in [0.15, 0.2) is 68.9 Å². The third-order valence-corrected chi connectivity index (χ3v) is 5.71. The summed E-state index contributed by atoms with van der Waals surface area (Å²) in [5.74, 6) is 0.945. The fourth-order valence-electron chi connectivity index (χ4n) is 2.48. The van der Waals surface area contributed by atoms with Crippen LogP contribution in [0.5, 0.6) is 0 Å². The molecule has 8 heteroatoms. The topological polar surface area (TPSA) is 54.6 Å². The predicted molar refractivity (Wildman–Crippen MR) is 116 cm³/mol. The summed E-state index contributed by atoms with van der Waals surface area (Å²) in [5, 5.41) is 4.79. The van der Waals surface area contributed by atoms with Crippen LogP contribution < -0.4 is 5.32 Å². The van der Waals surface area contributed by atoms with Gasteiger partial charge in [-0.25, -0.2) is 4.99 Å². The Hall–Kier alpha value is -2.18. The normalized spacial score (nSPS) is 16.8. The first-order valence-electron chi connectivity index (χ1n) is 8.08. The van der Waals surface area contributed by atoms with Crippen LogP contribution in [0, 0.1) is 0 Å². The molecule has 4 rings (SSSR count). The van der Waals surface area contributed by atoms with Crippen molar-refractivity contribution < 1.29 is 9.21 Å². The molecule has 0 atom stereocenters. The van der Waals surface area contributed by atoms with Gasteiger partial charge in [-0.3, -0.25) is 4.79 Å². The van der Waals surface area contributed by atoms with Gasteiger partial charge in [0, 0.05) is 16.7 Å². The highest BCUT2D eigenvalue weighted by Crippen LogP contribution is 2.32. The Labute approximate surface area is 180 Å². The third kappa shape index (κ3) is 4.28. The van der Waals surface area contributed by atoms with Crippen molar-refractivity contribution in [2.45, 2.75) is 0 Å². The molecular weight excluding hydrogens is 439 g/mol. The van der Waals surface area contributed by atoms with E-state index in [4.69, 9.17) is 39.2 Å². The molecule has 1 aliphatic rings. The number of benzene rings is 2. The molecule has 1 aromatic heterocycles. The quantitative estimate of drug-likeness (QED) is 0.447. The highest BCUT2D eigenvalue weighted by molar-refractivity contribution is 8.18. The zero-order valence-corrected chi connectivity index (χ0v) is 17.2. The number of halogens is 3. The Bertz CT molecular complexity index is 1120. The first-order chi connectivity index (χ1) is 13.5. The number of nitrogens with zero attached hydrogens (tertiary/aromatic N) is 1. The number of rotatable bonds is 3. The summed E-state index contributed by atoms with van der Waals surface area (Å²) in [6.07, 6.45) is 1.67. The highest BCUT2D eigenvalue weighted by Gasteiger charge is 2.24. The molecule has 0 spiro atoms. The average molecular weight is 450 g/mol. The lowest BCUT2D eigenvalue weighted by Crippen LogP contribution is -2.19. The SMILES string of the molecule is O=C1NC(=Nc2ccc(Cl)cc2)S/C1=C\c1ccc(-c2ccc(Cl)c(Cl)c2)o1. The molecule has 0 radical (unpaired) electrons. The first kappa shape index (κ1) is 19.2. The molecule has 2 heterocycles. The lowest BCUT2D eigenvalue weighted by molar-refractivity contribution is -0.115. The minimum atomic E-state index is -0.231. The van der Waals surface area contributed by atoms with Crippen molar-refractivity contribution in [1.29, 1.82) is 0 Å². The van der Waals surface area contributed by atoms with E-state index in [0.717, 1.165) is 5.56 Å². The number of hydrogen-bond donors (Lipinski definition) is 1. The van der Waals surface area contributed by atoms with Crippen LogP contribution >= 0.6 is 46.6 Å². The number of furan rings is 1. The molecule has 1 N–H and O–H groups in total. The monoisotopic (exact) mass is 448 g/mol. The largest absolute Gasteiger partial charge is 0.457 e. The van der Waals surface area contributed by atoms with E-state index in [0.29, 0.717) is 42.3 Å². The van der Waals surface area contributed by atoms with Crippen molar-refractivity contribution in [3.05, 3.63) is 80.3 Å². The number of amidine groups is 1. The summed E-state index contributed by atoms with van der Waals surface area (Å²) in [4.78, 5) is 17.1. The number of carbonyl (C=O) groups is 1. The molecule has 1 aliphatic heterocycles. The highest BCUT2D eigenvalue weighted by atomic mass is 35.5. The maximum Gasteiger partial charge on any atom is 0.264 e. The number of aliphatic imine (C=N–C) groups is 1. The van der Waals surface area contributed by atoms with Crippen LogP contribution in [0.4, 0.5) is 5.69 Å². The van der Waals surface area contributed by atoms with Crippen LogP contribution in [0.1, 0.15) is 5.76 Å². The van der Waals surface area contributed by atoms with E-state index >= 15 is 0 Å². The number of nitrogens with one attached hydrogen (secondary N) is 1. The van der Waals surface area contributed by atoms with Gasteiger partial charge < -0.3 is 9.73 Å². The molecule has 0 bridgehead atoms. The molecule has 0 saturated carbocycles. The van der Waals surface area contributed by atoms with Crippen molar-refractivity contribution in [2.24, 2.45) is 4.99 Å². The van der Waals surface area contributed by atoms with Crippen molar-refractivity contribution in [3.8, 4) is 11.3 Å². The first-order valence-corrected chi connectivity index (χ1v) is 10.0. The van der Waals surface area contributed by atoms with Gasteiger partial charge in [-0.1, -0.05) is 34.8 Å². The van der Waals surface area contributed by atoms with Crippen LogP contribution in [0.25, 0.3) is 17.4 Å². The fraction of sp³-hybridized carbons (Fsp3) is 0. The Morgan fingerprint density at radius 2 is 1.75 bits per heavy atom. The Balaban J connectivity index is 1.54. The van der Waals surface area contributed by atoms with Gasteiger partial charge in [0.1, 0.15) is 11.5 Å². The summed E-state index contributed by atoms with van der Waals surface area (Å²) < 4.78 is 5.82. The molecule has 1 amide bonds. The molecule has 1 fully saturated rings. The molecule has 0 aliphatic carbocycles. The van der Waals surface area contributed by atoms with E-state index < -0.39 is 0 Å². The smallest absolute Gasteiger partial charge is 0.264 e. The molecular formula is C20H11Cl3N2O2S. The van der Waals surface area contributed by atoms with Crippen LogP contribution in [0.3, 0.4) is 0 Å². The fourth-order valence-corrected chi connectivity index (χ4v) is 3.72. The average Bonchev–Trinajstić information content (AvgIpc) is 3.27. The van der Waals surface area contributed by atoms with Crippen molar-refractivity contribution in [1.82, 2.24) is 5.32 Å². The molecule has 140 valence electrons. The lowest BCUT2D eigenvalue weighted by atomic mass is 10.2. The number of amides is 1. The van der Waals surface area contributed by atoms with E-state index in [1.165, 1.54) is 11.8 Å². The minimum absolute atomic E-state index is 0.231. The molecule has 4 nitrogen and oxygen atoms in total. The molecule has 0 unspecified atom stereocenters. The summed E-state index contributed by atoms with van der Waals surface area (Å²) in [5.41, 5.74) is 1.50. The maximum absolute atomic E-state index is 12.2. The standard InChI is InChI=1S/C20H11Cl3N2O2S/c21-12-2-4-13(5-3-12)24-20-25-19(26)18(28-20)10-14-6-8-17(27-14)11-1-7-15(22)16(23)9-11/h1-10H,(H,24,25,26)/b18-10-. The third-order valence-electron chi connectivity index (χ3n) is 3.81. The number of thioether (sulfide) groups is 1. The number of carbonyl (C=O) groups excluding carboxylic acids is 1. The van der Waals surface area contributed by atoms with Crippen molar-refractivity contribution in [3.63, 3.8) is 0 Å². The van der Waals surface area contributed by atoms with Gasteiger partial charge in [-0.2, -0.15) is 0 Å². The zero-order chi connectivity index (χ0) is 19.7. The molecule has 3 aromatic rings. The molecule has 28 heavy (non-hydrogen) atoms. The maximum atomic E-state index is 12.2. The second-order valence-electron chi connectivity index (χ2n) is 5.79. The Morgan fingerprint density at radius 1 is 0.964 bits per heavy atom. The molecule has 2 aromatic carbocycles. The Kier molecular flexibility index (Phi) is 5.51. The van der Waals surface area contributed by atoms with Crippen LogP contribution in [-0.4, -0.2) is 11.1 Å². The summed E-state index contributed by atoms with van der Waals surface area (Å²) in [6, 6.07) is 15.9.